The molecule has 0 spiro atoms. The van der Waals surface area contributed by atoms with E-state index in [1.165, 1.54) is 4.68 Å². The standard InChI is InChI=1S/C18H25N5O3/c1-12-13(2)19-20-15(12)5-6-17(24)22-8-3-4-14(10-22)16-7-9-23(21-16)11-18(25)26/h7,9,14H,3-6,8,10-11H2,1-2H3,(H,19,20)(H,25,26). The predicted octanol–water partition coefficient (Wildman–Crippen LogP) is 1.65. The summed E-state index contributed by atoms with van der Waals surface area (Å²) in [5, 5.41) is 20.4. The predicted molar refractivity (Wildman–Crippen MR) is 94.8 cm³/mol. The maximum Gasteiger partial charge on any atom is 0.325 e. The number of amides is 1. The second kappa shape index (κ2) is 7.72. The quantitative estimate of drug-likeness (QED) is 0.816. The highest BCUT2D eigenvalue weighted by atomic mass is 16.4. The van der Waals surface area contributed by atoms with Crippen LogP contribution in [0.25, 0.3) is 0 Å². The van der Waals surface area contributed by atoms with Gasteiger partial charge in [-0.1, -0.05) is 0 Å². The van der Waals surface area contributed by atoms with Gasteiger partial charge in [0.1, 0.15) is 6.54 Å². The molecule has 3 heterocycles. The van der Waals surface area contributed by atoms with Gasteiger partial charge in [0.15, 0.2) is 0 Å². The van der Waals surface area contributed by atoms with Crippen molar-refractivity contribution >= 4 is 11.9 Å². The van der Waals surface area contributed by atoms with E-state index in [2.05, 4.69) is 15.3 Å². The number of likely N-dealkylation sites (tertiary alicyclic amines) is 1. The van der Waals surface area contributed by atoms with Crippen LogP contribution in [-0.4, -0.2) is 55.0 Å². The number of hydrogen-bond acceptors (Lipinski definition) is 4. The van der Waals surface area contributed by atoms with Gasteiger partial charge in [-0.15, -0.1) is 0 Å². The SMILES string of the molecule is Cc1[nH]nc(CCC(=O)N2CCCC(c3ccn(CC(=O)O)n3)C2)c1C. The molecule has 1 atom stereocenters. The highest BCUT2D eigenvalue weighted by molar-refractivity contribution is 5.76. The van der Waals surface area contributed by atoms with E-state index in [0.717, 1.165) is 42.0 Å². The Morgan fingerprint density at radius 1 is 1.38 bits per heavy atom. The molecule has 0 saturated carbocycles. The normalized spacial score (nSPS) is 17.5. The summed E-state index contributed by atoms with van der Waals surface area (Å²) in [5.74, 6) is -0.610. The Hall–Kier alpha value is -2.64. The monoisotopic (exact) mass is 359 g/mol. The van der Waals surface area contributed by atoms with Crippen molar-refractivity contribution in [1.29, 1.82) is 0 Å². The van der Waals surface area contributed by atoms with E-state index >= 15 is 0 Å². The summed E-state index contributed by atoms with van der Waals surface area (Å²) in [6.45, 7) is 5.26. The minimum Gasteiger partial charge on any atom is -0.480 e. The van der Waals surface area contributed by atoms with Crippen LogP contribution in [0, 0.1) is 13.8 Å². The van der Waals surface area contributed by atoms with Crippen molar-refractivity contribution in [3.8, 4) is 0 Å². The zero-order valence-corrected chi connectivity index (χ0v) is 15.2. The Bertz CT molecular complexity index is 795. The van der Waals surface area contributed by atoms with Gasteiger partial charge in [0.05, 0.1) is 11.4 Å². The number of hydrogen-bond donors (Lipinski definition) is 2. The lowest BCUT2D eigenvalue weighted by Gasteiger charge is -2.32. The van der Waals surface area contributed by atoms with Crippen molar-refractivity contribution in [2.45, 2.75) is 52.0 Å². The molecule has 0 radical (unpaired) electrons. The average Bonchev–Trinajstić information content (AvgIpc) is 3.20. The summed E-state index contributed by atoms with van der Waals surface area (Å²) in [7, 11) is 0. The van der Waals surface area contributed by atoms with Crippen LogP contribution in [0.4, 0.5) is 0 Å². The number of nitrogens with one attached hydrogen (secondary N) is 1. The molecule has 26 heavy (non-hydrogen) atoms. The molecule has 1 aliphatic rings. The van der Waals surface area contributed by atoms with Crippen LogP contribution in [0.5, 0.6) is 0 Å². The number of piperidine rings is 1. The van der Waals surface area contributed by atoms with Gasteiger partial charge in [0, 0.05) is 43.7 Å². The second-order valence-electron chi connectivity index (χ2n) is 6.93. The van der Waals surface area contributed by atoms with Crippen molar-refractivity contribution < 1.29 is 14.7 Å². The summed E-state index contributed by atoms with van der Waals surface area (Å²) in [5.41, 5.74) is 3.99. The molecule has 1 fully saturated rings. The highest BCUT2D eigenvalue weighted by Gasteiger charge is 2.26. The van der Waals surface area contributed by atoms with Crippen LogP contribution in [-0.2, 0) is 22.6 Å². The minimum atomic E-state index is -0.913. The molecule has 140 valence electrons. The molecule has 0 aliphatic carbocycles. The first-order valence-corrected chi connectivity index (χ1v) is 8.97. The van der Waals surface area contributed by atoms with Gasteiger partial charge in [0.2, 0.25) is 5.91 Å². The molecule has 1 unspecified atom stereocenters. The van der Waals surface area contributed by atoms with Gasteiger partial charge in [-0.3, -0.25) is 19.4 Å². The Kier molecular flexibility index (Phi) is 5.39. The average molecular weight is 359 g/mol. The van der Waals surface area contributed by atoms with Gasteiger partial charge < -0.3 is 10.0 Å². The van der Waals surface area contributed by atoms with Crippen LogP contribution < -0.4 is 0 Å². The number of aryl methyl sites for hydroxylation is 2. The third kappa shape index (κ3) is 4.12. The molecular formula is C18H25N5O3. The molecule has 0 bridgehead atoms. The number of aromatic amines is 1. The molecular weight excluding hydrogens is 334 g/mol. The number of aromatic nitrogens is 4. The first-order valence-electron chi connectivity index (χ1n) is 8.97. The van der Waals surface area contributed by atoms with Gasteiger partial charge in [-0.25, -0.2) is 0 Å². The topological polar surface area (TPSA) is 104 Å². The number of rotatable bonds is 6. The lowest BCUT2D eigenvalue weighted by atomic mass is 9.94. The molecule has 2 aromatic heterocycles. The molecule has 3 rings (SSSR count). The lowest BCUT2D eigenvalue weighted by Crippen LogP contribution is -2.39. The third-order valence-electron chi connectivity index (χ3n) is 5.08. The van der Waals surface area contributed by atoms with Gasteiger partial charge in [-0.2, -0.15) is 10.2 Å². The summed E-state index contributed by atoms with van der Waals surface area (Å²) in [4.78, 5) is 25.3. The number of aliphatic carboxylic acids is 1. The fourth-order valence-corrected chi connectivity index (χ4v) is 3.43. The summed E-state index contributed by atoms with van der Waals surface area (Å²) < 4.78 is 1.43. The molecule has 8 heteroatoms. The number of H-pyrrole nitrogens is 1. The van der Waals surface area contributed by atoms with Crippen molar-refractivity contribution in [2.75, 3.05) is 13.1 Å². The molecule has 1 aliphatic heterocycles. The van der Waals surface area contributed by atoms with Crippen molar-refractivity contribution in [1.82, 2.24) is 24.9 Å². The third-order valence-corrected chi connectivity index (χ3v) is 5.08. The van der Waals surface area contributed by atoms with Gasteiger partial charge in [-0.05, 0) is 38.3 Å². The van der Waals surface area contributed by atoms with Crippen LogP contribution in [0.2, 0.25) is 0 Å². The van der Waals surface area contributed by atoms with Crippen LogP contribution in [0.1, 0.15) is 47.8 Å². The van der Waals surface area contributed by atoms with Gasteiger partial charge >= 0.3 is 5.97 Å². The van der Waals surface area contributed by atoms with E-state index in [1.54, 1.807) is 6.20 Å². The molecule has 2 N–H and O–H groups in total. The lowest BCUT2D eigenvalue weighted by molar-refractivity contribution is -0.138. The number of carbonyl (C=O) groups is 2. The largest absolute Gasteiger partial charge is 0.480 e. The fraction of sp³-hybridized carbons (Fsp3) is 0.556. The van der Waals surface area contributed by atoms with Crippen molar-refractivity contribution in [3.05, 3.63) is 34.9 Å². The van der Waals surface area contributed by atoms with Crippen molar-refractivity contribution in [3.63, 3.8) is 0 Å². The first-order chi connectivity index (χ1) is 12.4. The minimum absolute atomic E-state index is 0.139. The number of carboxylic acids is 1. The Balaban J connectivity index is 1.57. The van der Waals surface area contributed by atoms with E-state index in [4.69, 9.17) is 5.11 Å². The molecule has 1 amide bonds. The van der Waals surface area contributed by atoms with Crippen molar-refractivity contribution in [2.24, 2.45) is 0 Å². The molecule has 8 nitrogen and oxygen atoms in total. The van der Waals surface area contributed by atoms with E-state index in [-0.39, 0.29) is 18.4 Å². The fourth-order valence-electron chi connectivity index (χ4n) is 3.43. The van der Waals surface area contributed by atoms with Crippen LogP contribution >= 0.6 is 0 Å². The first kappa shape index (κ1) is 18.2. The maximum atomic E-state index is 12.6. The van der Waals surface area contributed by atoms with E-state index in [0.29, 0.717) is 19.4 Å². The second-order valence-corrected chi connectivity index (χ2v) is 6.93. The Morgan fingerprint density at radius 3 is 2.88 bits per heavy atom. The highest BCUT2D eigenvalue weighted by Crippen LogP contribution is 2.26. The molecule has 2 aromatic rings. The van der Waals surface area contributed by atoms with Crippen LogP contribution in [0.3, 0.4) is 0 Å². The van der Waals surface area contributed by atoms with E-state index in [1.807, 2.05) is 24.8 Å². The Morgan fingerprint density at radius 2 is 2.19 bits per heavy atom. The number of carboxylic acid groups (broad SMARTS) is 1. The zero-order chi connectivity index (χ0) is 18.7. The van der Waals surface area contributed by atoms with E-state index < -0.39 is 5.97 Å². The van der Waals surface area contributed by atoms with Crippen LogP contribution in [0.15, 0.2) is 12.3 Å². The van der Waals surface area contributed by atoms with Gasteiger partial charge in [0.25, 0.3) is 0 Å². The summed E-state index contributed by atoms with van der Waals surface area (Å²) in [6.07, 6.45) is 4.68. The summed E-state index contributed by atoms with van der Waals surface area (Å²) in [6, 6.07) is 1.86. The number of nitrogens with zero attached hydrogens (tertiary/aromatic N) is 4. The molecule has 0 aromatic carbocycles. The zero-order valence-electron chi connectivity index (χ0n) is 15.2. The number of carbonyl (C=O) groups excluding carboxylic acids is 1. The molecule has 1 saturated heterocycles. The smallest absolute Gasteiger partial charge is 0.325 e. The summed E-state index contributed by atoms with van der Waals surface area (Å²) >= 11 is 0. The Labute approximate surface area is 152 Å². The van der Waals surface area contributed by atoms with E-state index in [9.17, 15) is 9.59 Å². The maximum absolute atomic E-state index is 12.6.